The molecule has 21 heavy (non-hydrogen) atoms. The summed E-state index contributed by atoms with van der Waals surface area (Å²) in [6.07, 6.45) is 0.821. The third-order valence-electron chi connectivity index (χ3n) is 3.11. The lowest BCUT2D eigenvalue weighted by Gasteiger charge is -2.01. The van der Waals surface area contributed by atoms with Crippen molar-refractivity contribution in [3.63, 3.8) is 0 Å². The van der Waals surface area contributed by atoms with Crippen molar-refractivity contribution < 1.29 is 4.74 Å². The molecule has 0 spiro atoms. The van der Waals surface area contributed by atoms with E-state index >= 15 is 0 Å². The highest BCUT2D eigenvalue weighted by Gasteiger charge is 2.12. The molecule has 0 aliphatic carbocycles. The molecule has 3 aromatic rings. The standard InChI is InChI=1S/C15H15N3OS2/c1-9-14(21-15(16)17-9)12-8-20-13(18-12)7-10-3-5-11(19-2)6-4-10/h3-6,8H,7H2,1-2H3,(H2,16,17). The van der Waals surface area contributed by atoms with E-state index in [4.69, 9.17) is 15.5 Å². The van der Waals surface area contributed by atoms with Gasteiger partial charge in [-0.1, -0.05) is 23.5 Å². The molecule has 4 nitrogen and oxygen atoms in total. The molecule has 6 heteroatoms. The number of nitrogens with zero attached hydrogens (tertiary/aromatic N) is 2. The van der Waals surface area contributed by atoms with Crippen molar-refractivity contribution in [3.05, 3.63) is 45.9 Å². The molecule has 2 aromatic heterocycles. The summed E-state index contributed by atoms with van der Waals surface area (Å²) < 4.78 is 5.17. The van der Waals surface area contributed by atoms with Gasteiger partial charge in [0.05, 0.1) is 28.4 Å². The summed E-state index contributed by atoms with van der Waals surface area (Å²) in [4.78, 5) is 10.0. The van der Waals surface area contributed by atoms with E-state index in [9.17, 15) is 0 Å². The molecule has 2 heterocycles. The fourth-order valence-corrected chi connectivity index (χ4v) is 3.76. The second-order valence-electron chi connectivity index (χ2n) is 4.62. The molecule has 0 saturated heterocycles. The number of thiazole rings is 2. The normalized spacial score (nSPS) is 10.8. The predicted molar refractivity (Wildman–Crippen MR) is 88.2 cm³/mol. The van der Waals surface area contributed by atoms with E-state index < -0.39 is 0 Å². The smallest absolute Gasteiger partial charge is 0.180 e. The lowest BCUT2D eigenvalue weighted by Crippen LogP contribution is -1.88. The summed E-state index contributed by atoms with van der Waals surface area (Å²) in [7, 11) is 1.67. The lowest BCUT2D eigenvalue weighted by molar-refractivity contribution is 0.414. The van der Waals surface area contributed by atoms with Gasteiger partial charge in [-0.15, -0.1) is 11.3 Å². The number of aryl methyl sites for hydroxylation is 1. The molecule has 1 aromatic carbocycles. The number of ether oxygens (including phenoxy) is 1. The van der Waals surface area contributed by atoms with E-state index in [1.807, 2.05) is 19.1 Å². The van der Waals surface area contributed by atoms with Crippen molar-refractivity contribution in [1.82, 2.24) is 9.97 Å². The van der Waals surface area contributed by atoms with Crippen molar-refractivity contribution in [2.24, 2.45) is 0 Å². The van der Waals surface area contributed by atoms with Gasteiger partial charge in [0.1, 0.15) is 5.75 Å². The second kappa shape index (κ2) is 5.83. The van der Waals surface area contributed by atoms with Crippen LogP contribution in [0.2, 0.25) is 0 Å². The number of hydrogen-bond acceptors (Lipinski definition) is 6. The van der Waals surface area contributed by atoms with Gasteiger partial charge in [0.25, 0.3) is 0 Å². The Kier molecular flexibility index (Phi) is 3.90. The number of nitrogen functional groups attached to an aromatic ring is 1. The number of methoxy groups -OCH3 is 1. The van der Waals surface area contributed by atoms with Crippen LogP contribution in [0.3, 0.4) is 0 Å². The third-order valence-corrected chi connectivity index (χ3v) is 4.97. The molecule has 0 amide bonds. The first-order valence-electron chi connectivity index (χ1n) is 6.46. The Balaban J connectivity index is 1.80. The van der Waals surface area contributed by atoms with Gasteiger partial charge in [-0.05, 0) is 24.6 Å². The van der Waals surface area contributed by atoms with Gasteiger partial charge in [0.2, 0.25) is 0 Å². The summed E-state index contributed by atoms with van der Waals surface area (Å²) in [6.45, 7) is 1.96. The van der Waals surface area contributed by atoms with Crippen LogP contribution < -0.4 is 10.5 Å². The van der Waals surface area contributed by atoms with Crippen LogP contribution in [-0.2, 0) is 6.42 Å². The first-order chi connectivity index (χ1) is 10.2. The van der Waals surface area contributed by atoms with Gasteiger partial charge >= 0.3 is 0 Å². The quantitative estimate of drug-likeness (QED) is 0.796. The highest BCUT2D eigenvalue weighted by atomic mass is 32.1. The average molecular weight is 317 g/mol. The van der Waals surface area contributed by atoms with Crippen LogP contribution in [0.5, 0.6) is 5.75 Å². The van der Waals surface area contributed by atoms with Crippen LogP contribution in [0.4, 0.5) is 5.13 Å². The Morgan fingerprint density at radius 2 is 1.95 bits per heavy atom. The van der Waals surface area contributed by atoms with Gasteiger partial charge in [0.15, 0.2) is 5.13 Å². The number of nitrogens with two attached hydrogens (primary N) is 1. The monoisotopic (exact) mass is 317 g/mol. The zero-order valence-electron chi connectivity index (χ0n) is 11.8. The van der Waals surface area contributed by atoms with E-state index in [0.717, 1.165) is 33.4 Å². The Hall–Kier alpha value is -1.92. The first-order valence-corrected chi connectivity index (χ1v) is 8.16. The fourth-order valence-electron chi connectivity index (χ4n) is 2.07. The zero-order chi connectivity index (χ0) is 14.8. The van der Waals surface area contributed by atoms with Crippen LogP contribution in [0, 0.1) is 6.92 Å². The van der Waals surface area contributed by atoms with Crippen molar-refractivity contribution in [1.29, 1.82) is 0 Å². The van der Waals surface area contributed by atoms with Gasteiger partial charge in [-0.2, -0.15) is 0 Å². The highest BCUT2D eigenvalue weighted by molar-refractivity contribution is 7.19. The molecule has 0 radical (unpaired) electrons. The maximum Gasteiger partial charge on any atom is 0.180 e. The summed E-state index contributed by atoms with van der Waals surface area (Å²) in [6, 6.07) is 8.07. The third kappa shape index (κ3) is 3.06. The average Bonchev–Trinajstić information content (AvgIpc) is 3.06. The Bertz CT molecular complexity index is 747. The van der Waals surface area contributed by atoms with E-state index in [1.54, 1.807) is 18.4 Å². The van der Waals surface area contributed by atoms with Gasteiger partial charge in [-0.3, -0.25) is 0 Å². The van der Waals surface area contributed by atoms with E-state index in [0.29, 0.717) is 5.13 Å². The van der Waals surface area contributed by atoms with Crippen molar-refractivity contribution >= 4 is 27.8 Å². The summed E-state index contributed by atoms with van der Waals surface area (Å²) in [5, 5.41) is 3.74. The molecule has 0 bridgehead atoms. The molecule has 0 atom stereocenters. The van der Waals surface area contributed by atoms with Gasteiger partial charge in [-0.25, -0.2) is 9.97 Å². The number of hydrogen-bond donors (Lipinski definition) is 1. The molecule has 0 aliphatic rings. The molecule has 3 rings (SSSR count). The topological polar surface area (TPSA) is 61.0 Å². The minimum atomic E-state index is 0.590. The molecule has 0 fully saturated rings. The van der Waals surface area contributed by atoms with Crippen molar-refractivity contribution in [3.8, 4) is 16.3 Å². The molecule has 0 saturated carbocycles. The number of benzene rings is 1. The van der Waals surface area contributed by atoms with Crippen molar-refractivity contribution in [2.75, 3.05) is 12.8 Å². The Morgan fingerprint density at radius 1 is 1.19 bits per heavy atom. The van der Waals surface area contributed by atoms with Crippen LogP contribution in [0.1, 0.15) is 16.3 Å². The Labute approximate surface area is 131 Å². The van der Waals surface area contributed by atoms with Crippen LogP contribution >= 0.6 is 22.7 Å². The SMILES string of the molecule is COc1ccc(Cc2nc(-c3sc(N)nc3C)cs2)cc1. The van der Waals surface area contributed by atoms with Crippen molar-refractivity contribution in [2.45, 2.75) is 13.3 Å². The molecule has 108 valence electrons. The summed E-state index contributed by atoms with van der Waals surface area (Å²) in [5.74, 6) is 0.870. The molecular formula is C15H15N3OS2. The predicted octanol–water partition coefficient (Wildman–Crippen LogP) is 3.76. The second-order valence-corrected chi connectivity index (χ2v) is 6.59. The molecule has 0 aliphatic heterocycles. The van der Waals surface area contributed by atoms with E-state index in [1.165, 1.54) is 16.9 Å². The van der Waals surface area contributed by atoms with Gasteiger partial charge < -0.3 is 10.5 Å². The summed E-state index contributed by atoms with van der Waals surface area (Å²) >= 11 is 3.15. The minimum Gasteiger partial charge on any atom is -0.497 e. The first kappa shape index (κ1) is 14.0. The highest BCUT2D eigenvalue weighted by Crippen LogP contribution is 2.32. The molecule has 2 N–H and O–H groups in total. The van der Waals surface area contributed by atoms with Crippen LogP contribution in [0.15, 0.2) is 29.6 Å². The molecule has 0 unspecified atom stereocenters. The van der Waals surface area contributed by atoms with Gasteiger partial charge in [0, 0.05) is 11.8 Å². The van der Waals surface area contributed by atoms with Crippen LogP contribution in [-0.4, -0.2) is 17.1 Å². The summed E-state index contributed by atoms with van der Waals surface area (Å²) in [5.41, 5.74) is 8.88. The minimum absolute atomic E-state index is 0.590. The maximum atomic E-state index is 5.75. The zero-order valence-corrected chi connectivity index (χ0v) is 13.4. The van der Waals surface area contributed by atoms with E-state index in [2.05, 4.69) is 22.5 Å². The number of aromatic nitrogens is 2. The molecular weight excluding hydrogens is 302 g/mol. The Morgan fingerprint density at radius 3 is 2.57 bits per heavy atom. The largest absolute Gasteiger partial charge is 0.497 e. The number of rotatable bonds is 4. The fraction of sp³-hybridized carbons (Fsp3) is 0.200. The van der Waals surface area contributed by atoms with E-state index in [-0.39, 0.29) is 0 Å². The van der Waals surface area contributed by atoms with Crippen LogP contribution in [0.25, 0.3) is 10.6 Å². The lowest BCUT2D eigenvalue weighted by atomic mass is 10.1. The maximum absolute atomic E-state index is 5.75. The number of anilines is 1.